The maximum atomic E-state index is 11.3. The van der Waals surface area contributed by atoms with Crippen LogP contribution in [0.15, 0.2) is 24.7 Å². The molecule has 0 aliphatic carbocycles. The number of hydrogen-bond donors (Lipinski definition) is 0. The van der Waals surface area contributed by atoms with Crippen LogP contribution in [0.3, 0.4) is 0 Å². The van der Waals surface area contributed by atoms with Gasteiger partial charge in [0.2, 0.25) is 0 Å². The van der Waals surface area contributed by atoms with Crippen molar-refractivity contribution in [3.63, 3.8) is 0 Å². The summed E-state index contributed by atoms with van der Waals surface area (Å²) in [6.45, 7) is 0. The standard InChI is InChI=1S/C10H9ClN2O2/c1-15-10(14)7-2-3-9-8(4-11)12-6-13(9)5-7/h2-3,5-6H,4H2,1H3. The number of pyridine rings is 1. The molecule has 2 aromatic rings. The number of esters is 1. The molecule has 0 amide bonds. The molecule has 2 aromatic heterocycles. The van der Waals surface area contributed by atoms with Crippen molar-refractivity contribution in [3.8, 4) is 0 Å². The van der Waals surface area contributed by atoms with E-state index in [-0.39, 0.29) is 5.97 Å². The Morgan fingerprint density at radius 1 is 1.60 bits per heavy atom. The Hall–Kier alpha value is -1.55. The van der Waals surface area contributed by atoms with Crippen molar-refractivity contribution < 1.29 is 9.53 Å². The zero-order valence-corrected chi connectivity index (χ0v) is 8.86. The van der Waals surface area contributed by atoms with Crippen LogP contribution in [0.1, 0.15) is 16.1 Å². The number of imidazole rings is 1. The summed E-state index contributed by atoms with van der Waals surface area (Å²) in [7, 11) is 1.35. The summed E-state index contributed by atoms with van der Waals surface area (Å²) >= 11 is 5.71. The van der Waals surface area contributed by atoms with Gasteiger partial charge in [-0.25, -0.2) is 9.78 Å². The number of alkyl halides is 1. The Morgan fingerprint density at radius 3 is 3.07 bits per heavy atom. The summed E-state index contributed by atoms with van der Waals surface area (Å²) in [4.78, 5) is 15.4. The van der Waals surface area contributed by atoms with Crippen molar-refractivity contribution in [2.75, 3.05) is 7.11 Å². The molecule has 2 rings (SSSR count). The van der Waals surface area contributed by atoms with E-state index < -0.39 is 0 Å². The summed E-state index contributed by atoms with van der Waals surface area (Å²) < 4.78 is 6.37. The zero-order chi connectivity index (χ0) is 10.8. The molecule has 2 heterocycles. The molecular weight excluding hydrogens is 216 g/mol. The monoisotopic (exact) mass is 224 g/mol. The fourth-order valence-corrected chi connectivity index (χ4v) is 1.60. The third kappa shape index (κ3) is 1.68. The zero-order valence-electron chi connectivity index (χ0n) is 8.11. The number of carbonyl (C=O) groups is 1. The molecule has 0 fully saturated rings. The number of rotatable bonds is 2. The Kier molecular flexibility index (Phi) is 2.60. The topological polar surface area (TPSA) is 43.6 Å². The quantitative estimate of drug-likeness (QED) is 0.578. The van der Waals surface area contributed by atoms with Crippen LogP contribution in [0.5, 0.6) is 0 Å². The largest absolute Gasteiger partial charge is 0.465 e. The van der Waals surface area contributed by atoms with E-state index in [2.05, 4.69) is 9.72 Å². The molecule has 0 saturated heterocycles. The highest BCUT2D eigenvalue weighted by Crippen LogP contribution is 2.13. The first-order valence-electron chi connectivity index (χ1n) is 4.36. The summed E-state index contributed by atoms with van der Waals surface area (Å²) in [6, 6.07) is 3.50. The third-order valence-electron chi connectivity index (χ3n) is 2.16. The van der Waals surface area contributed by atoms with E-state index in [1.165, 1.54) is 7.11 Å². The SMILES string of the molecule is COC(=O)c1ccc2c(CCl)ncn2c1. The predicted molar refractivity (Wildman–Crippen MR) is 56.1 cm³/mol. The van der Waals surface area contributed by atoms with Gasteiger partial charge in [-0.3, -0.25) is 0 Å². The lowest BCUT2D eigenvalue weighted by Crippen LogP contribution is -2.02. The first-order valence-corrected chi connectivity index (χ1v) is 4.89. The predicted octanol–water partition coefficient (Wildman–Crippen LogP) is 1.86. The van der Waals surface area contributed by atoms with Gasteiger partial charge in [0.25, 0.3) is 0 Å². The number of carbonyl (C=O) groups excluding carboxylic acids is 1. The van der Waals surface area contributed by atoms with Crippen molar-refractivity contribution in [2.45, 2.75) is 5.88 Å². The highest BCUT2D eigenvalue weighted by Gasteiger charge is 2.08. The number of ether oxygens (including phenoxy) is 1. The summed E-state index contributed by atoms with van der Waals surface area (Å²) in [6.07, 6.45) is 3.30. The molecular formula is C10H9ClN2O2. The van der Waals surface area contributed by atoms with Gasteiger partial charge in [-0.15, -0.1) is 11.6 Å². The van der Waals surface area contributed by atoms with Crippen molar-refractivity contribution in [3.05, 3.63) is 35.9 Å². The number of halogens is 1. The minimum atomic E-state index is -0.363. The van der Waals surface area contributed by atoms with E-state index >= 15 is 0 Å². The van der Waals surface area contributed by atoms with Crippen molar-refractivity contribution in [1.29, 1.82) is 0 Å². The minimum absolute atomic E-state index is 0.355. The Labute approximate surface area is 91.4 Å². The lowest BCUT2D eigenvalue weighted by atomic mass is 10.2. The van der Waals surface area contributed by atoms with Crippen LogP contribution in [0.4, 0.5) is 0 Å². The molecule has 0 radical (unpaired) electrons. The molecule has 0 saturated carbocycles. The minimum Gasteiger partial charge on any atom is -0.465 e. The fraction of sp³-hybridized carbons (Fsp3) is 0.200. The lowest BCUT2D eigenvalue weighted by Gasteiger charge is -2.00. The molecule has 4 nitrogen and oxygen atoms in total. The molecule has 15 heavy (non-hydrogen) atoms. The van der Waals surface area contributed by atoms with E-state index in [4.69, 9.17) is 11.6 Å². The van der Waals surface area contributed by atoms with E-state index in [1.54, 1.807) is 29.1 Å². The van der Waals surface area contributed by atoms with Crippen molar-refractivity contribution in [2.24, 2.45) is 0 Å². The first kappa shape index (κ1) is 9.98. The van der Waals surface area contributed by atoms with E-state index in [0.29, 0.717) is 11.4 Å². The molecule has 78 valence electrons. The van der Waals surface area contributed by atoms with E-state index in [0.717, 1.165) is 11.2 Å². The molecule has 0 bridgehead atoms. The van der Waals surface area contributed by atoms with Crippen LogP contribution >= 0.6 is 11.6 Å². The van der Waals surface area contributed by atoms with Gasteiger partial charge in [0, 0.05) is 6.20 Å². The molecule has 0 aromatic carbocycles. The summed E-state index contributed by atoms with van der Waals surface area (Å²) in [5, 5.41) is 0. The van der Waals surface area contributed by atoms with Crippen molar-refractivity contribution in [1.82, 2.24) is 9.38 Å². The number of hydrogen-bond acceptors (Lipinski definition) is 3. The number of fused-ring (bicyclic) bond motifs is 1. The van der Waals surface area contributed by atoms with Crippen LogP contribution in [-0.2, 0) is 10.6 Å². The molecule has 0 N–H and O–H groups in total. The Morgan fingerprint density at radius 2 is 2.40 bits per heavy atom. The number of nitrogens with zero attached hydrogens (tertiary/aromatic N) is 2. The summed E-state index contributed by atoms with van der Waals surface area (Å²) in [5.74, 6) is -0.00771. The van der Waals surface area contributed by atoms with Gasteiger partial charge in [0.15, 0.2) is 0 Å². The lowest BCUT2D eigenvalue weighted by molar-refractivity contribution is 0.0600. The van der Waals surface area contributed by atoms with E-state index in [9.17, 15) is 4.79 Å². The first-order chi connectivity index (χ1) is 7.26. The second-order valence-electron chi connectivity index (χ2n) is 3.03. The Balaban J connectivity index is 2.53. The van der Waals surface area contributed by atoms with Gasteiger partial charge in [0.1, 0.15) is 0 Å². The van der Waals surface area contributed by atoms with Gasteiger partial charge >= 0.3 is 5.97 Å². The summed E-state index contributed by atoms with van der Waals surface area (Å²) in [5.41, 5.74) is 2.19. The number of methoxy groups -OCH3 is 1. The van der Waals surface area contributed by atoms with Gasteiger partial charge < -0.3 is 9.14 Å². The maximum Gasteiger partial charge on any atom is 0.339 e. The smallest absolute Gasteiger partial charge is 0.339 e. The average molecular weight is 225 g/mol. The van der Waals surface area contributed by atoms with Crippen LogP contribution in [0.2, 0.25) is 0 Å². The molecule has 0 aliphatic heterocycles. The maximum absolute atomic E-state index is 11.3. The molecule has 0 spiro atoms. The normalized spacial score (nSPS) is 10.5. The molecule has 0 aliphatic rings. The molecule has 0 unspecified atom stereocenters. The highest BCUT2D eigenvalue weighted by atomic mass is 35.5. The van der Waals surface area contributed by atoms with E-state index in [1.807, 2.05) is 0 Å². The fourth-order valence-electron chi connectivity index (χ4n) is 1.40. The third-order valence-corrected chi connectivity index (χ3v) is 2.41. The van der Waals surface area contributed by atoms with Crippen LogP contribution in [0, 0.1) is 0 Å². The molecule has 0 atom stereocenters. The van der Waals surface area contributed by atoms with Crippen LogP contribution in [0.25, 0.3) is 5.52 Å². The molecule has 5 heteroatoms. The van der Waals surface area contributed by atoms with Gasteiger partial charge in [-0.05, 0) is 12.1 Å². The van der Waals surface area contributed by atoms with Crippen molar-refractivity contribution >= 4 is 23.1 Å². The highest BCUT2D eigenvalue weighted by molar-refractivity contribution is 6.17. The number of aromatic nitrogens is 2. The Bertz CT molecular complexity index is 507. The van der Waals surface area contributed by atoms with Gasteiger partial charge in [-0.1, -0.05) is 0 Å². The average Bonchev–Trinajstić information content (AvgIpc) is 2.69. The van der Waals surface area contributed by atoms with Gasteiger partial charge in [-0.2, -0.15) is 0 Å². The van der Waals surface area contributed by atoms with Crippen LogP contribution in [-0.4, -0.2) is 22.5 Å². The second-order valence-corrected chi connectivity index (χ2v) is 3.29. The van der Waals surface area contributed by atoms with Gasteiger partial charge in [0.05, 0.1) is 36.1 Å². The van der Waals surface area contributed by atoms with Crippen LogP contribution < -0.4 is 0 Å². The second kappa shape index (κ2) is 3.90.